The third-order valence-corrected chi connectivity index (χ3v) is 4.59. The van der Waals surface area contributed by atoms with E-state index >= 15 is 0 Å². The van der Waals surface area contributed by atoms with E-state index < -0.39 is 43.8 Å². The standard InChI is InChI=1S/C9H11F2NO4S2/c1-17(13,14)7-2-3-8(11)9(6-7)18(15,16)12-5-4-10/h2-3,6,12H,4-5H2,1H3. The molecular weight excluding hydrogens is 288 g/mol. The number of sulfone groups is 1. The molecular formula is C9H11F2NO4S2. The number of nitrogens with one attached hydrogen (secondary N) is 1. The fourth-order valence-electron chi connectivity index (χ4n) is 1.17. The van der Waals surface area contributed by atoms with Crippen molar-refractivity contribution in [2.45, 2.75) is 9.79 Å². The zero-order chi connectivity index (χ0) is 14.0. The summed E-state index contributed by atoms with van der Waals surface area (Å²) in [6.45, 7) is -1.46. The second-order valence-electron chi connectivity index (χ2n) is 3.45. The fourth-order valence-corrected chi connectivity index (χ4v) is 3.00. The minimum Gasteiger partial charge on any atom is -0.250 e. The minimum absolute atomic E-state index is 0.329. The lowest BCUT2D eigenvalue weighted by molar-refractivity contribution is 0.485. The number of sulfonamides is 1. The Kier molecular flexibility index (Phi) is 4.41. The van der Waals surface area contributed by atoms with E-state index in [-0.39, 0.29) is 4.90 Å². The van der Waals surface area contributed by atoms with E-state index in [1.807, 2.05) is 0 Å². The van der Waals surface area contributed by atoms with Gasteiger partial charge in [0.15, 0.2) is 9.84 Å². The number of benzene rings is 1. The van der Waals surface area contributed by atoms with Crippen molar-refractivity contribution in [1.82, 2.24) is 4.72 Å². The molecule has 0 spiro atoms. The summed E-state index contributed by atoms with van der Waals surface area (Å²) in [6.07, 6.45) is 0.867. The third-order valence-electron chi connectivity index (χ3n) is 2.01. The molecule has 0 atom stereocenters. The topological polar surface area (TPSA) is 80.3 Å². The van der Waals surface area contributed by atoms with Crippen LogP contribution >= 0.6 is 0 Å². The quantitative estimate of drug-likeness (QED) is 0.802. The van der Waals surface area contributed by atoms with Gasteiger partial charge in [0.2, 0.25) is 10.0 Å². The van der Waals surface area contributed by atoms with Crippen LogP contribution in [0.25, 0.3) is 0 Å². The van der Waals surface area contributed by atoms with Gasteiger partial charge in [0, 0.05) is 12.8 Å². The zero-order valence-electron chi connectivity index (χ0n) is 9.35. The number of halogens is 2. The Morgan fingerprint density at radius 2 is 1.83 bits per heavy atom. The monoisotopic (exact) mass is 299 g/mol. The molecule has 0 aliphatic heterocycles. The molecule has 102 valence electrons. The molecule has 0 unspecified atom stereocenters. The zero-order valence-corrected chi connectivity index (χ0v) is 11.0. The SMILES string of the molecule is CS(=O)(=O)c1ccc(F)c(S(=O)(=O)NCCF)c1. The smallest absolute Gasteiger partial charge is 0.243 e. The van der Waals surface area contributed by atoms with Gasteiger partial charge in [-0.1, -0.05) is 0 Å². The second kappa shape index (κ2) is 5.29. The van der Waals surface area contributed by atoms with Crippen LogP contribution in [0.3, 0.4) is 0 Å². The van der Waals surface area contributed by atoms with Gasteiger partial charge in [-0.2, -0.15) is 0 Å². The number of hydrogen-bond acceptors (Lipinski definition) is 4. The highest BCUT2D eigenvalue weighted by atomic mass is 32.2. The summed E-state index contributed by atoms with van der Waals surface area (Å²) >= 11 is 0. The Hall–Kier alpha value is -1.06. The van der Waals surface area contributed by atoms with Gasteiger partial charge in [-0.05, 0) is 18.2 Å². The van der Waals surface area contributed by atoms with Crippen molar-refractivity contribution in [2.24, 2.45) is 0 Å². The van der Waals surface area contributed by atoms with Crippen molar-refractivity contribution in [3.05, 3.63) is 24.0 Å². The van der Waals surface area contributed by atoms with Crippen LogP contribution in [0.2, 0.25) is 0 Å². The molecule has 5 nitrogen and oxygen atoms in total. The minimum atomic E-state index is -4.27. The maximum Gasteiger partial charge on any atom is 0.243 e. The first-order chi connectivity index (χ1) is 8.18. The van der Waals surface area contributed by atoms with Crippen LogP contribution in [-0.2, 0) is 19.9 Å². The van der Waals surface area contributed by atoms with Gasteiger partial charge in [-0.3, -0.25) is 0 Å². The van der Waals surface area contributed by atoms with Crippen LogP contribution < -0.4 is 4.72 Å². The molecule has 0 saturated carbocycles. The van der Waals surface area contributed by atoms with Gasteiger partial charge in [0.25, 0.3) is 0 Å². The van der Waals surface area contributed by atoms with E-state index in [2.05, 4.69) is 0 Å². The highest BCUT2D eigenvalue weighted by Gasteiger charge is 2.21. The van der Waals surface area contributed by atoms with Gasteiger partial charge in [-0.25, -0.2) is 30.3 Å². The molecule has 0 bridgehead atoms. The molecule has 0 aromatic heterocycles. The molecule has 9 heteroatoms. The van der Waals surface area contributed by atoms with Crippen molar-refractivity contribution in [3.63, 3.8) is 0 Å². The van der Waals surface area contributed by atoms with E-state index in [9.17, 15) is 25.6 Å². The largest absolute Gasteiger partial charge is 0.250 e. The second-order valence-corrected chi connectivity index (χ2v) is 7.20. The van der Waals surface area contributed by atoms with Crippen molar-refractivity contribution in [2.75, 3.05) is 19.5 Å². The summed E-state index contributed by atoms with van der Waals surface area (Å²) in [5.74, 6) is -1.10. The van der Waals surface area contributed by atoms with Gasteiger partial charge < -0.3 is 0 Å². The molecule has 1 aromatic rings. The summed E-state index contributed by atoms with van der Waals surface area (Å²) in [7, 11) is -7.92. The Morgan fingerprint density at radius 1 is 1.22 bits per heavy atom. The normalized spacial score (nSPS) is 12.6. The molecule has 0 aliphatic carbocycles. The number of hydrogen-bond donors (Lipinski definition) is 1. The summed E-state index contributed by atoms with van der Waals surface area (Å²) in [5.41, 5.74) is 0. The van der Waals surface area contributed by atoms with Gasteiger partial charge in [-0.15, -0.1) is 0 Å². The number of alkyl halides is 1. The molecule has 1 N–H and O–H groups in total. The third kappa shape index (κ3) is 3.47. The Bertz CT molecular complexity index is 641. The molecule has 0 radical (unpaired) electrons. The van der Waals surface area contributed by atoms with Crippen LogP contribution in [0.5, 0.6) is 0 Å². The van der Waals surface area contributed by atoms with Crippen LogP contribution in [-0.4, -0.2) is 36.3 Å². The Morgan fingerprint density at radius 3 is 2.33 bits per heavy atom. The maximum atomic E-state index is 13.4. The highest BCUT2D eigenvalue weighted by molar-refractivity contribution is 7.91. The van der Waals surface area contributed by atoms with Gasteiger partial charge >= 0.3 is 0 Å². The maximum absolute atomic E-state index is 13.4. The summed E-state index contributed by atoms with van der Waals surface area (Å²) in [5, 5.41) is 0. The van der Waals surface area contributed by atoms with Crippen LogP contribution in [0, 0.1) is 5.82 Å². The summed E-state index contributed by atoms with van der Waals surface area (Å²) < 4.78 is 72.7. The predicted octanol–water partition coefficient (Wildman–Crippen LogP) is 0.477. The first-order valence-electron chi connectivity index (χ1n) is 4.74. The number of rotatable bonds is 5. The molecule has 1 rings (SSSR count). The molecule has 0 aliphatic rings. The van der Waals surface area contributed by atoms with E-state index in [1.54, 1.807) is 4.72 Å². The molecule has 1 aromatic carbocycles. The van der Waals surface area contributed by atoms with E-state index in [0.29, 0.717) is 6.07 Å². The summed E-state index contributed by atoms with van der Waals surface area (Å²) in [4.78, 5) is -1.15. The fraction of sp³-hybridized carbons (Fsp3) is 0.333. The first-order valence-corrected chi connectivity index (χ1v) is 8.11. The van der Waals surface area contributed by atoms with Crippen LogP contribution in [0.4, 0.5) is 8.78 Å². The first kappa shape index (κ1) is 15.0. The van der Waals surface area contributed by atoms with Crippen molar-refractivity contribution < 1.29 is 25.6 Å². The molecule has 0 amide bonds. The van der Waals surface area contributed by atoms with Crippen LogP contribution in [0.1, 0.15) is 0 Å². The van der Waals surface area contributed by atoms with E-state index in [1.165, 1.54) is 0 Å². The van der Waals surface area contributed by atoms with Gasteiger partial charge in [0.05, 0.1) is 4.90 Å². The lowest BCUT2D eigenvalue weighted by atomic mass is 10.3. The van der Waals surface area contributed by atoms with Crippen molar-refractivity contribution in [3.8, 4) is 0 Å². The highest BCUT2D eigenvalue weighted by Crippen LogP contribution is 2.19. The predicted molar refractivity (Wildman–Crippen MR) is 60.7 cm³/mol. The van der Waals surface area contributed by atoms with Crippen molar-refractivity contribution in [1.29, 1.82) is 0 Å². The summed E-state index contributed by atoms with van der Waals surface area (Å²) in [6, 6.07) is 2.39. The lowest BCUT2D eigenvalue weighted by Crippen LogP contribution is -2.26. The molecule has 0 heterocycles. The van der Waals surface area contributed by atoms with Gasteiger partial charge in [0.1, 0.15) is 17.4 Å². The molecule has 0 saturated heterocycles. The van der Waals surface area contributed by atoms with Crippen LogP contribution in [0.15, 0.2) is 28.0 Å². The Balaban J connectivity index is 3.33. The van der Waals surface area contributed by atoms with Crippen molar-refractivity contribution >= 4 is 19.9 Å². The molecule has 0 fully saturated rings. The molecule has 18 heavy (non-hydrogen) atoms. The van der Waals surface area contributed by atoms with E-state index in [4.69, 9.17) is 0 Å². The lowest BCUT2D eigenvalue weighted by Gasteiger charge is -2.07. The average Bonchev–Trinajstić information content (AvgIpc) is 2.25. The Labute approximate surface area is 104 Å². The van der Waals surface area contributed by atoms with E-state index in [0.717, 1.165) is 18.4 Å². The average molecular weight is 299 g/mol.